The molecule has 6 nitrogen and oxygen atoms in total. The zero-order valence-electron chi connectivity index (χ0n) is 12.9. The number of nitrogens with zero attached hydrogens (tertiary/aromatic N) is 4. The molecule has 0 radical (unpaired) electrons. The molecule has 0 bridgehead atoms. The highest BCUT2D eigenvalue weighted by atomic mass is 15.3. The van der Waals surface area contributed by atoms with Crippen LogP contribution in [0.5, 0.6) is 0 Å². The molecule has 0 atom stereocenters. The topological polar surface area (TPSA) is 67.7 Å². The Morgan fingerprint density at radius 3 is 2.86 bits per heavy atom. The molecule has 2 N–H and O–H groups in total. The van der Waals surface area contributed by atoms with Gasteiger partial charge in [0.2, 0.25) is 0 Å². The van der Waals surface area contributed by atoms with Crippen LogP contribution in [0.4, 0.5) is 5.82 Å². The Morgan fingerprint density at radius 2 is 2.05 bits per heavy atom. The summed E-state index contributed by atoms with van der Waals surface area (Å²) in [5, 5.41) is 11.1. The highest BCUT2D eigenvalue weighted by Crippen LogP contribution is 2.17. The average molecular weight is 300 g/mol. The van der Waals surface area contributed by atoms with Gasteiger partial charge in [0.05, 0.1) is 12.4 Å². The molecule has 1 aliphatic carbocycles. The van der Waals surface area contributed by atoms with Crippen molar-refractivity contribution in [3.8, 4) is 5.82 Å². The van der Waals surface area contributed by atoms with Crippen molar-refractivity contribution in [1.29, 1.82) is 0 Å². The van der Waals surface area contributed by atoms with E-state index in [0.717, 1.165) is 37.2 Å². The van der Waals surface area contributed by atoms with Crippen molar-refractivity contribution in [3.63, 3.8) is 0 Å². The molecule has 0 unspecified atom stereocenters. The van der Waals surface area contributed by atoms with Crippen molar-refractivity contribution < 1.29 is 0 Å². The minimum atomic E-state index is 0.732. The summed E-state index contributed by atoms with van der Waals surface area (Å²) in [6.07, 6.45) is 15.0. The van der Waals surface area contributed by atoms with Crippen molar-refractivity contribution in [2.45, 2.75) is 44.6 Å². The highest BCUT2D eigenvalue weighted by molar-refractivity contribution is 5.35. The van der Waals surface area contributed by atoms with Crippen LogP contribution in [0.25, 0.3) is 5.82 Å². The van der Waals surface area contributed by atoms with Crippen LogP contribution >= 0.6 is 0 Å². The number of rotatable bonds is 7. The maximum atomic E-state index is 4.51. The zero-order chi connectivity index (χ0) is 15.0. The second-order valence-corrected chi connectivity index (χ2v) is 5.78. The zero-order valence-corrected chi connectivity index (χ0v) is 12.9. The van der Waals surface area contributed by atoms with E-state index in [-0.39, 0.29) is 0 Å². The Labute approximate surface area is 131 Å². The molecule has 1 fully saturated rings. The molecule has 22 heavy (non-hydrogen) atoms. The summed E-state index contributed by atoms with van der Waals surface area (Å²) >= 11 is 0. The Balaban J connectivity index is 1.39. The van der Waals surface area contributed by atoms with E-state index in [1.165, 1.54) is 32.1 Å². The van der Waals surface area contributed by atoms with Gasteiger partial charge in [0.25, 0.3) is 0 Å². The third kappa shape index (κ3) is 4.27. The lowest BCUT2D eigenvalue weighted by Gasteiger charge is -2.22. The second-order valence-electron chi connectivity index (χ2n) is 5.78. The Bertz CT molecular complexity index is 548. The van der Waals surface area contributed by atoms with Crippen LogP contribution in [-0.4, -0.2) is 38.9 Å². The predicted octanol–water partition coefficient (Wildman–Crippen LogP) is 2.39. The summed E-state index contributed by atoms with van der Waals surface area (Å²) in [5.74, 6) is 1.53. The molecule has 1 aliphatic rings. The molecule has 2 aromatic heterocycles. The van der Waals surface area contributed by atoms with E-state index in [9.17, 15) is 0 Å². The van der Waals surface area contributed by atoms with E-state index in [1.54, 1.807) is 23.3 Å². The van der Waals surface area contributed by atoms with Crippen LogP contribution in [0.1, 0.15) is 38.5 Å². The Morgan fingerprint density at radius 1 is 1.14 bits per heavy atom. The molecule has 6 heteroatoms. The van der Waals surface area contributed by atoms with Gasteiger partial charge in [-0.25, -0.2) is 9.67 Å². The summed E-state index contributed by atoms with van der Waals surface area (Å²) in [4.78, 5) is 8.72. The molecular weight excluding hydrogens is 276 g/mol. The maximum absolute atomic E-state index is 4.51. The minimum absolute atomic E-state index is 0.732. The van der Waals surface area contributed by atoms with Crippen molar-refractivity contribution in [2.24, 2.45) is 0 Å². The lowest BCUT2D eigenvalue weighted by Crippen LogP contribution is -2.32. The van der Waals surface area contributed by atoms with Gasteiger partial charge < -0.3 is 10.6 Å². The average Bonchev–Trinajstić information content (AvgIpc) is 3.10. The highest BCUT2D eigenvalue weighted by Gasteiger charge is 2.11. The standard InChI is InChI=1S/C16H24N6/c1-2-6-14(7-3-1)18-8-4-9-19-15-12-17-13-16(21-15)22-11-5-10-20-22/h5,10-14,18H,1-4,6-9H2,(H,19,21). The molecule has 3 rings (SSSR count). The molecule has 0 saturated heterocycles. The van der Waals surface area contributed by atoms with E-state index in [4.69, 9.17) is 0 Å². The summed E-state index contributed by atoms with van der Waals surface area (Å²) in [5.41, 5.74) is 0. The number of hydrogen-bond acceptors (Lipinski definition) is 5. The van der Waals surface area contributed by atoms with Crippen LogP contribution in [-0.2, 0) is 0 Å². The SMILES string of the molecule is c1cnn(-c2cncc(NCCCNC3CCCCC3)n2)c1. The first-order valence-electron chi connectivity index (χ1n) is 8.21. The first-order chi connectivity index (χ1) is 10.9. The van der Waals surface area contributed by atoms with E-state index in [1.807, 2.05) is 12.3 Å². The molecule has 0 aromatic carbocycles. The molecule has 2 aromatic rings. The summed E-state index contributed by atoms with van der Waals surface area (Å²) < 4.78 is 1.71. The van der Waals surface area contributed by atoms with Gasteiger partial charge in [-0.3, -0.25) is 4.98 Å². The quantitative estimate of drug-likeness (QED) is 0.769. The molecule has 0 amide bonds. The molecular formula is C16H24N6. The Hall–Kier alpha value is -1.95. The van der Waals surface area contributed by atoms with Crippen LogP contribution < -0.4 is 10.6 Å². The number of anilines is 1. The van der Waals surface area contributed by atoms with Crippen molar-refractivity contribution >= 4 is 5.82 Å². The number of aromatic nitrogens is 4. The van der Waals surface area contributed by atoms with Crippen molar-refractivity contribution in [1.82, 2.24) is 25.1 Å². The van der Waals surface area contributed by atoms with Gasteiger partial charge in [-0.1, -0.05) is 19.3 Å². The second kappa shape index (κ2) is 7.89. The summed E-state index contributed by atoms with van der Waals surface area (Å²) in [7, 11) is 0. The summed E-state index contributed by atoms with van der Waals surface area (Å²) in [6.45, 7) is 1.96. The van der Waals surface area contributed by atoms with E-state index < -0.39 is 0 Å². The largest absolute Gasteiger partial charge is 0.369 e. The number of nitrogens with one attached hydrogen (secondary N) is 2. The minimum Gasteiger partial charge on any atom is -0.369 e. The molecule has 0 aliphatic heterocycles. The lowest BCUT2D eigenvalue weighted by atomic mass is 9.95. The first kappa shape index (κ1) is 15.0. The third-order valence-corrected chi connectivity index (χ3v) is 4.06. The van der Waals surface area contributed by atoms with Gasteiger partial charge in [0, 0.05) is 25.0 Å². The fourth-order valence-electron chi connectivity index (χ4n) is 2.87. The van der Waals surface area contributed by atoms with Gasteiger partial charge in [0.1, 0.15) is 5.82 Å². The van der Waals surface area contributed by atoms with Crippen molar-refractivity contribution in [3.05, 3.63) is 30.9 Å². The summed E-state index contributed by atoms with van der Waals surface area (Å²) in [6, 6.07) is 2.61. The third-order valence-electron chi connectivity index (χ3n) is 4.06. The predicted molar refractivity (Wildman–Crippen MR) is 87.1 cm³/mol. The van der Waals surface area contributed by atoms with E-state index in [2.05, 4.69) is 25.7 Å². The van der Waals surface area contributed by atoms with Crippen LogP contribution in [0.2, 0.25) is 0 Å². The van der Waals surface area contributed by atoms with Crippen LogP contribution in [0.15, 0.2) is 30.9 Å². The normalized spacial score (nSPS) is 15.8. The van der Waals surface area contributed by atoms with Gasteiger partial charge in [0.15, 0.2) is 5.82 Å². The smallest absolute Gasteiger partial charge is 0.173 e. The van der Waals surface area contributed by atoms with Crippen LogP contribution in [0.3, 0.4) is 0 Å². The van der Waals surface area contributed by atoms with Crippen LogP contribution in [0, 0.1) is 0 Å². The van der Waals surface area contributed by atoms with Gasteiger partial charge in [-0.2, -0.15) is 5.10 Å². The van der Waals surface area contributed by atoms with Gasteiger partial charge >= 0.3 is 0 Å². The van der Waals surface area contributed by atoms with Gasteiger partial charge in [-0.05, 0) is 31.9 Å². The van der Waals surface area contributed by atoms with E-state index in [0.29, 0.717) is 0 Å². The van der Waals surface area contributed by atoms with Crippen molar-refractivity contribution in [2.75, 3.05) is 18.4 Å². The maximum Gasteiger partial charge on any atom is 0.173 e. The van der Waals surface area contributed by atoms with Gasteiger partial charge in [-0.15, -0.1) is 0 Å². The lowest BCUT2D eigenvalue weighted by molar-refractivity contribution is 0.373. The number of hydrogen-bond donors (Lipinski definition) is 2. The molecule has 118 valence electrons. The fourth-order valence-corrected chi connectivity index (χ4v) is 2.87. The molecule has 0 spiro atoms. The monoisotopic (exact) mass is 300 g/mol. The molecule has 1 saturated carbocycles. The fraction of sp³-hybridized carbons (Fsp3) is 0.562. The molecule has 2 heterocycles. The van der Waals surface area contributed by atoms with E-state index >= 15 is 0 Å². The Kier molecular flexibility index (Phi) is 5.37. The first-order valence-corrected chi connectivity index (χ1v) is 8.21.